The molecule has 1 amide bonds. The number of hydrogen-bond acceptors (Lipinski definition) is 14. The molecule has 7 fully saturated rings. The van der Waals surface area contributed by atoms with Crippen LogP contribution < -0.4 is 37.1 Å². The predicted molar refractivity (Wildman–Crippen MR) is 256 cm³/mol. The van der Waals surface area contributed by atoms with E-state index in [-0.39, 0.29) is 54.9 Å². The number of carbonyl (C=O) groups excluding carboxylic acids is 1. The molecule has 8 aliphatic rings. The van der Waals surface area contributed by atoms with Crippen molar-refractivity contribution in [3.8, 4) is 11.8 Å². The molecule has 16 heteroatoms. The number of likely N-dealkylation sites (tertiary alicyclic amines) is 2. The average molecular weight is 929 g/mol. The highest BCUT2D eigenvalue weighted by Gasteiger charge is 2.53. The zero-order valence-corrected chi connectivity index (χ0v) is 40.0. The van der Waals surface area contributed by atoms with Gasteiger partial charge in [0.1, 0.15) is 24.1 Å². The molecule has 1 aliphatic carbocycles. The summed E-state index contributed by atoms with van der Waals surface area (Å²) in [5, 5.41) is 17.3. The Morgan fingerprint density at radius 1 is 0.969 bits per heavy atom. The van der Waals surface area contributed by atoms with E-state index >= 15 is 0 Å². The number of halogens is 1. The molecule has 6 saturated heterocycles. The van der Waals surface area contributed by atoms with Crippen molar-refractivity contribution in [2.45, 2.75) is 145 Å². The number of rotatable bonds is 12. The third-order valence-corrected chi connectivity index (χ3v) is 18.0. The fourth-order valence-electron chi connectivity index (χ4n) is 12.1. The lowest BCUT2D eigenvalue weighted by Crippen LogP contribution is -2.63. The summed E-state index contributed by atoms with van der Waals surface area (Å²) in [6.45, 7) is 14.6. The Balaban J connectivity index is 0.639. The summed E-state index contributed by atoms with van der Waals surface area (Å²) in [7, 11) is 0. The monoisotopic (exact) mass is 928 g/mol. The number of hydrogen-bond donors (Lipinski definition) is 6. The minimum Gasteiger partial charge on any atom is -0.490 e. The van der Waals surface area contributed by atoms with Crippen molar-refractivity contribution in [2.24, 2.45) is 28.7 Å². The number of ether oxygens (including phenoxy) is 2. The molecule has 0 radical (unpaired) electrons. The van der Waals surface area contributed by atoms with Gasteiger partial charge in [-0.25, -0.2) is 21.7 Å². The Hall–Kier alpha value is -2.85. The van der Waals surface area contributed by atoms with E-state index in [0.29, 0.717) is 38.8 Å². The third kappa shape index (κ3) is 10.3. The van der Waals surface area contributed by atoms with Crippen molar-refractivity contribution in [1.29, 1.82) is 5.26 Å². The molecule has 6 N–H and O–H groups in total. The minimum absolute atomic E-state index is 0.0481. The number of carbonyl (C=O) groups is 1. The largest absolute Gasteiger partial charge is 0.490 e. The second-order valence-electron chi connectivity index (χ2n) is 20.4. The van der Waals surface area contributed by atoms with E-state index in [2.05, 4.69) is 110 Å². The molecule has 14 nitrogen and oxygen atoms in total. The molecule has 7 aliphatic heterocycles. The number of fused-ring (bicyclic) bond motifs is 3. The molecular weight excluding hydrogens is 858 g/mol. The standard InChI is InChI=1S/C49H70ClN11O3S/c1-29-30(2)65-49-45(29)46(54-42(24-44-52-18-21-63-44)47-58-55-31(3)61(47)49)35-6-4-32(5-7-35)22-34-27-59(28-34)26-33-16-19-60(20-17-33)43-15-14-41(56-57-43)48(62)53-37-9-12-38(13-10-37)64-39-11-8-36(25-51)40(50)23-39/h4-8,11,23,29-31,33-34,37-38,41-45,47,49,52,55-58H,9-10,12-22,24,26-28H2,1-3H3,(H,53,62)/t29?,30?,31?,37?,38?,41?,42-,43?,44?,45?,47?,49?/m0/s1. The van der Waals surface area contributed by atoms with Crippen molar-refractivity contribution in [1.82, 2.24) is 47.0 Å². The van der Waals surface area contributed by atoms with E-state index in [1.165, 1.54) is 49.3 Å². The van der Waals surface area contributed by atoms with Crippen LogP contribution in [0.4, 0.5) is 0 Å². The number of benzene rings is 2. The average Bonchev–Trinajstić information content (AvgIpc) is 4.02. The van der Waals surface area contributed by atoms with Crippen molar-refractivity contribution in [3.63, 3.8) is 0 Å². The normalized spacial score (nSPS) is 36.3. The SMILES string of the molecule is CC1SC2C(C(c3ccc(CC4CN(CC5CCN(C6CCC(C(=O)NC7CCC(Oc8ccc(C#N)c(Cl)c8)CC7)NN6)CC5)C4)cc3)=N[C@@H](CC3NCCO3)C3NNC(C)N23)C1C. The van der Waals surface area contributed by atoms with Crippen molar-refractivity contribution in [3.05, 3.63) is 64.2 Å². The Kier molecular flexibility index (Phi) is 14.4. The molecule has 10 atom stereocenters. The van der Waals surface area contributed by atoms with Crippen LogP contribution in [0.2, 0.25) is 5.02 Å². The summed E-state index contributed by atoms with van der Waals surface area (Å²) < 4.78 is 12.2. The molecule has 352 valence electrons. The van der Waals surface area contributed by atoms with Gasteiger partial charge >= 0.3 is 0 Å². The van der Waals surface area contributed by atoms with Gasteiger partial charge in [0.2, 0.25) is 5.91 Å². The predicted octanol–water partition coefficient (Wildman–Crippen LogP) is 4.79. The van der Waals surface area contributed by atoms with E-state index in [1.807, 2.05) is 0 Å². The number of piperidine rings is 1. The summed E-state index contributed by atoms with van der Waals surface area (Å²) in [5.41, 5.74) is 18.5. The van der Waals surface area contributed by atoms with Gasteiger partial charge in [-0.05, 0) is 119 Å². The highest BCUT2D eigenvalue weighted by Crippen LogP contribution is 2.49. The number of nitriles is 1. The summed E-state index contributed by atoms with van der Waals surface area (Å²) in [5.74, 6) is 3.14. The van der Waals surface area contributed by atoms with E-state index in [1.54, 1.807) is 18.2 Å². The lowest BCUT2D eigenvalue weighted by Gasteiger charge is -2.45. The molecule has 7 heterocycles. The summed E-state index contributed by atoms with van der Waals surface area (Å²) in [4.78, 5) is 26.8. The molecule has 65 heavy (non-hydrogen) atoms. The van der Waals surface area contributed by atoms with Gasteiger partial charge in [0.25, 0.3) is 0 Å². The number of nitrogens with zero attached hydrogens (tertiary/aromatic N) is 5. The molecule has 2 aromatic carbocycles. The second-order valence-corrected chi connectivity index (χ2v) is 22.3. The Labute approximate surface area is 395 Å². The first kappa shape index (κ1) is 45.9. The van der Waals surface area contributed by atoms with Gasteiger partial charge in [-0.2, -0.15) is 5.26 Å². The summed E-state index contributed by atoms with van der Waals surface area (Å²) in [6.07, 6.45) is 10.5. The van der Waals surface area contributed by atoms with Gasteiger partial charge < -0.3 is 19.7 Å². The van der Waals surface area contributed by atoms with Crippen molar-refractivity contribution >= 4 is 35.0 Å². The molecular formula is C49H70ClN11O3S. The van der Waals surface area contributed by atoms with Crippen LogP contribution in [0, 0.1) is 35.0 Å². The van der Waals surface area contributed by atoms with Gasteiger partial charge in [-0.15, -0.1) is 11.8 Å². The maximum atomic E-state index is 13.2. The van der Waals surface area contributed by atoms with Crippen LogP contribution in [0.15, 0.2) is 47.5 Å². The molecule has 9 unspecified atom stereocenters. The number of amides is 1. The third-order valence-electron chi connectivity index (χ3n) is 16.0. The smallest absolute Gasteiger partial charge is 0.238 e. The summed E-state index contributed by atoms with van der Waals surface area (Å²) in [6, 6.07) is 16.8. The van der Waals surface area contributed by atoms with Gasteiger partial charge in [0.05, 0.1) is 53.2 Å². The quantitative estimate of drug-likeness (QED) is 0.173. The van der Waals surface area contributed by atoms with Crippen LogP contribution in [0.5, 0.6) is 5.75 Å². The van der Waals surface area contributed by atoms with Crippen molar-refractivity contribution < 1.29 is 14.3 Å². The first-order valence-electron chi connectivity index (χ1n) is 24.8. The number of aliphatic imine (C=N–C) groups is 1. The van der Waals surface area contributed by atoms with Crippen LogP contribution in [-0.4, -0.2) is 132 Å². The van der Waals surface area contributed by atoms with Gasteiger partial charge in [-0.1, -0.05) is 49.7 Å². The lowest BCUT2D eigenvalue weighted by atomic mass is 9.83. The van der Waals surface area contributed by atoms with E-state index < -0.39 is 0 Å². The van der Waals surface area contributed by atoms with E-state index in [0.717, 1.165) is 89.4 Å². The Morgan fingerprint density at radius 2 is 1.77 bits per heavy atom. The van der Waals surface area contributed by atoms with E-state index in [9.17, 15) is 4.79 Å². The van der Waals surface area contributed by atoms with Crippen LogP contribution in [0.25, 0.3) is 0 Å². The number of hydrazine groups is 2. The first-order chi connectivity index (χ1) is 31.6. The zero-order valence-electron chi connectivity index (χ0n) is 38.4. The zero-order chi connectivity index (χ0) is 44.6. The minimum atomic E-state index is -0.219. The maximum absolute atomic E-state index is 13.2. The van der Waals surface area contributed by atoms with Crippen LogP contribution in [-0.2, 0) is 16.0 Å². The molecule has 2 aromatic rings. The van der Waals surface area contributed by atoms with Crippen LogP contribution >= 0.6 is 23.4 Å². The highest BCUT2D eigenvalue weighted by molar-refractivity contribution is 8.00. The van der Waals surface area contributed by atoms with Gasteiger partial charge in [0, 0.05) is 61.6 Å². The fraction of sp³-hybridized carbons (Fsp3) is 0.694. The maximum Gasteiger partial charge on any atom is 0.238 e. The topological polar surface area (TPSA) is 154 Å². The number of nitrogens with one attached hydrogen (secondary N) is 6. The number of thioether (sulfide) groups is 1. The summed E-state index contributed by atoms with van der Waals surface area (Å²) >= 11 is 8.32. The Morgan fingerprint density at radius 3 is 2.48 bits per heavy atom. The van der Waals surface area contributed by atoms with E-state index in [4.69, 9.17) is 31.3 Å². The lowest BCUT2D eigenvalue weighted by molar-refractivity contribution is -0.125. The van der Waals surface area contributed by atoms with Crippen LogP contribution in [0.1, 0.15) is 95.2 Å². The van der Waals surface area contributed by atoms with Gasteiger partial charge in [-0.3, -0.25) is 24.9 Å². The molecule has 1 saturated carbocycles. The van der Waals surface area contributed by atoms with Crippen LogP contribution in [0.3, 0.4) is 0 Å². The first-order valence-corrected chi connectivity index (χ1v) is 26.1. The fourth-order valence-corrected chi connectivity index (χ4v) is 14.1. The molecule has 0 spiro atoms. The molecule has 0 bridgehead atoms. The molecule has 10 rings (SSSR count). The second kappa shape index (κ2) is 20.4. The van der Waals surface area contributed by atoms with Gasteiger partial charge in [0.15, 0.2) is 0 Å². The highest BCUT2D eigenvalue weighted by atomic mass is 35.5. The van der Waals surface area contributed by atoms with Crippen molar-refractivity contribution in [2.75, 3.05) is 45.9 Å². The Bertz CT molecular complexity index is 2020. The molecule has 0 aromatic heterocycles.